The molecule has 19 heavy (non-hydrogen) atoms. The standard InChI is InChI=1S/C10H16N6O3/c1-3-12-10(17)6(2)13-8-4-7(16(18)19)5-9(14-8)15-11/h4-6H,3,11H2,1-2H3,(H,12,17)(H2,13,14,15). The quantitative estimate of drug-likeness (QED) is 0.329. The number of nitrogen functional groups attached to an aromatic ring is 1. The van der Waals surface area contributed by atoms with Gasteiger partial charge in [0.05, 0.1) is 17.1 Å². The van der Waals surface area contributed by atoms with Crippen LogP contribution in [0.15, 0.2) is 12.1 Å². The monoisotopic (exact) mass is 268 g/mol. The molecule has 5 N–H and O–H groups in total. The molecule has 0 bridgehead atoms. The highest BCUT2D eigenvalue weighted by Crippen LogP contribution is 2.20. The van der Waals surface area contributed by atoms with Crippen LogP contribution in [-0.2, 0) is 4.79 Å². The summed E-state index contributed by atoms with van der Waals surface area (Å²) >= 11 is 0. The van der Waals surface area contributed by atoms with Crippen LogP contribution in [0.2, 0.25) is 0 Å². The van der Waals surface area contributed by atoms with Crippen LogP contribution in [0.4, 0.5) is 17.3 Å². The Hall–Kier alpha value is -2.42. The molecular formula is C10H16N6O3. The number of hydrazine groups is 1. The lowest BCUT2D eigenvalue weighted by Gasteiger charge is -2.14. The molecule has 0 aliphatic heterocycles. The predicted octanol–water partition coefficient (Wildman–Crippen LogP) is 0.212. The van der Waals surface area contributed by atoms with Gasteiger partial charge in [0.1, 0.15) is 17.7 Å². The van der Waals surface area contributed by atoms with E-state index in [0.717, 1.165) is 0 Å². The van der Waals surface area contributed by atoms with Gasteiger partial charge >= 0.3 is 0 Å². The highest BCUT2D eigenvalue weighted by molar-refractivity contribution is 5.84. The Kier molecular flexibility index (Phi) is 5.01. The van der Waals surface area contributed by atoms with Crippen LogP contribution in [0.25, 0.3) is 0 Å². The van der Waals surface area contributed by atoms with E-state index in [-0.39, 0.29) is 23.2 Å². The Labute approximate surface area is 109 Å². The molecule has 1 heterocycles. The van der Waals surface area contributed by atoms with Crippen molar-refractivity contribution in [2.45, 2.75) is 19.9 Å². The maximum atomic E-state index is 11.5. The number of nitrogens with one attached hydrogen (secondary N) is 3. The average molecular weight is 268 g/mol. The SMILES string of the molecule is CCNC(=O)C(C)Nc1cc([N+](=O)[O-])cc(NN)n1. The highest BCUT2D eigenvalue weighted by Gasteiger charge is 2.15. The lowest BCUT2D eigenvalue weighted by Crippen LogP contribution is -2.37. The highest BCUT2D eigenvalue weighted by atomic mass is 16.6. The summed E-state index contributed by atoms with van der Waals surface area (Å²) in [6.45, 7) is 3.93. The summed E-state index contributed by atoms with van der Waals surface area (Å²) in [5.41, 5.74) is 2.06. The van der Waals surface area contributed by atoms with Gasteiger partial charge < -0.3 is 16.1 Å². The fourth-order valence-corrected chi connectivity index (χ4v) is 1.38. The third-order valence-corrected chi connectivity index (χ3v) is 2.28. The number of carbonyl (C=O) groups is 1. The van der Waals surface area contributed by atoms with E-state index in [2.05, 4.69) is 21.0 Å². The number of nitrogens with zero attached hydrogens (tertiary/aromatic N) is 2. The van der Waals surface area contributed by atoms with Gasteiger partial charge in [-0.15, -0.1) is 0 Å². The third kappa shape index (κ3) is 4.07. The first-order valence-corrected chi connectivity index (χ1v) is 5.65. The van der Waals surface area contributed by atoms with Gasteiger partial charge in [0.15, 0.2) is 0 Å². The lowest BCUT2D eigenvalue weighted by molar-refractivity contribution is -0.384. The van der Waals surface area contributed by atoms with E-state index in [9.17, 15) is 14.9 Å². The summed E-state index contributed by atoms with van der Waals surface area (Å²) in [6, 6.07) is 1.86. The molecule has 1 atom stereocenters. The normalized spacial score (nSPS) is 11.5. The van der Waals surface area contributed by atoms with E-state index in [1.54, 1.807) is 13.8 Å². The van der Waals surface area contributed by atoms with Gasteiger partial charge in [0.2, 0.25) is 5.91 Å². The van der Waals surface area contributed by atoms with E-state index in [1.807, 2.05) is 0 Å². The number of rotatable bonds is 6. The number of hydrogen-bond acceptors (Lipinski definition) is 7. The molecular weight excluding hydrogens is 252 g/mol. The Bertz CT molecular complexity index is 478. The van der Waals surface area contributed by atoms with Gasteiger partial charge in [-0.05, 0) is 13.8 Å². The first-order chi connectivity index (χ1) is 8.97. The number of pyridine rings is 1. The number of aromatic nitrogens is 1. The Morgan fingerprint density at radius 1 is 1.53 bits per heavy atom. The van der Waals surface area contributed by atoms with Crippen molar-refractivity contribution < 1.29 is 9.72 Å². The number of nitrogens with two attached hydrogens (primary N) is 1. The van der Waals surface area contributed by atoms with Crippen molar-refractivity contribution in [1.29, 1.82) is 0 Å². The third-order valence-electron chi connectivity index (χ3n) is 2.28. The molecule has 1 aromatic rings. The largest absolute Gasteiger partial charge is 0.358 e. The zero-order valence-corrected chi connectivity index (χ0v) is 10.6. The van der Waals surface area contributed by atoms with Gasteiger partial charge in [-0.2, -0.15) is 0 Å². The summed E-state index contributed by atoms with van der Waals surface area (Å²) < 4.78 is 0. The zero-order valence-electron chi connectivity index (χ0n) is 10.6. The summed E-state index contributed by atoms with van der Waals surface area (Å²) in [7, 11) is 0. The van der Waals surface area contributed by atoms with E-state index in [1.165, 1.54) is 12.1 Å². The summed E-state index contributed by atoms with van der Waals surface area (Å²) in [5.74, 6) is 5.29. The number of amides is 1. The zero-order chi connectivity index (χ0) is 14.4. The second kappa shape index (κ2) is 6.50. The maximum Gasteiger partial charge on any atom is 0.276 e. The second-order valence-corrected chi connectivity index (χ2v) is 3.76. The molecule has 0 aliphatic carbocycles. The molecule has 0 fully saturated rings. The smallest absolute Gasteiger partial charge is 0.276 e. The fraction of sp³-hybridized carbons (Fsp3) is 0.400. The number of anilines is 2. The first-order valence-electron chi connectivity index (χ1n) is 5.65. The molecule has 0 radical (unpaired) electrons. The molecule has 1 rings (SSSR count). The minimum Gasteiger partial charge on any atom is -0.358 e. The van der Waals surface area contributed by atoms with Gasteiger partial charge in [0.25, 0.3) is 5.69 Å². The molecule has 0 spiro atoms. The molecule has 1 aromatic heterocycles. The van der Waals surface area contributed by atoms with Crippen molar-refractivity contribution in [3.63, 3.8) is 0 Å². The number of carbonyl (C=O) groups excluding carboxylic acids is 1. The van der Waals surface area contributed by atoms with E-state index < -0.39 is 11.0 Å². The number of hydrogen-bond donors (Lipinski definition) is 4. The maximum absolute atomic E-state index is 11.5. The number of nitro groups is 1. The number of likely N-dealkylation sites (N-methyl/N-ethyl adjacent to an activating group) is 1. The van der Waals surface area contributed by atoms with Crippen molar-refractivity contribution in [3.05, 3.63) is 22.2 Å². The average Bonchev–Trinajstić information content (AvgIpc) is 2.38. The molecule has 0 aromatic carbocycles. The molecule has 1 unspecified atom stereocenters. The summed E-state index contributed by atoms with van der Waals surface area (Å²) in [6.07, 6.45) is 0. The Morgan fingerprint density at radius 2 is 2.16 bits per heavy atom. The minimum absolute atomic E-state index is 0.139. The molecule has 1 amide bonds. The summed E-state index contributed by atoms with van der Waals surface area (Å²) in [4.78, 5) is 25.7. The second-order valence-electron chi connectivity index (χ2n) is 3.76. The first kappa shape index (κ1) is 14.6. The van der Waals surface area contributed by atoms with Gasteiger partial charge in [0, 0.05) is 6.54 Å². The van der Waals surface area contributed by atoms with E-state index >= 15 is 0 Å². The molecule has 9 nitrogen and oxygen atoms in total. The van der Waals surface area contributed by atoms with Gasteiger partial charge in [-0.3, -0.25) is 14.9 Å². The van der Waals surface area contributed by atoms with Crippen molar-refractivity contribution in [3.8, 4) is 0 Å². The van der Waals surface area contributed by atoms with Crippen LogP contribution in [-0.4, -0.2) is 28.4 Å². The van der Waals surface area contributed by atoms with Crippen LogP contribution in [0.3, 0.4) is 0 Å². The van der Waals surface area contributed by atoms with E-state index in [4.69, 9.17) is 5.84 Å². The topological polar surface area (TPSA) is 135 Å². The van der Waals surface area contributed by atoms with Crippen molar-refractivity contribution in [2.75, 3.05) is 17.3 Å². The predicted molar refractivity (Wildman–Crippen MR) is 70.5 cm³/mol. The van der Waals surface area contributed by atoms with Crippen LogP contribution >= 0.6 is 0 Å². The van der Waals surface area contributed by atoms with Crippen LogP contribution in [0.5, 0.6) is 0 Å². The minimum atomic E-state index is -0.569. The van der Waals surface area contributed by atoms with Crippen molar-refractivity contribution in [1.82, 2.24) is 10.3 Å². The molecule has 104 valence electrons. The fourth-order valence-electron chi connectivity index (χ4n) is 1.38. The van der Waals surface area contributed by atoms with Gasteiger partial charge in [-0.25, -0.2) is 10.8 Å². The molecule has 0 aliphatic rings. The van der Waals surface area contributed by atoms with Crippen LogP contribution < -0.4 is 21.9 Å². The van der Waals surface area contributed by atoms with Gasteiger partial charge in [-0.1, -0.05) is 0 Å². The molecule has 0 saturated heterocycles. The Morgan fingerprint density at radius 3 is 2.68 bits per heavy atom. The van der Waals surface area contributed by atoms with E-state index in [0.29, 0.717) is 6.54 Å². The van der Waals surface area contributed by atoms with Crippen LogP contribution in [0.1, 0.15) is 13.8 Å². The Balaban J connectivity index is 2.91. The molecule has 0 saturated carbocycles. The lowest BCUT2D eigenvalue weighted by atomic mass is 10.3. The molecule has 9 heteroatoms. The van der Waals surface area contributed by atoms with Crippen molar-refractivity contribution >= 4 is 23.2 Å². The van der Waals surface area contributed by atoms with Crippen LogP contribution in [0, 0.1) is 10.1 Å². The van der Waals surface area contributed by atoms with Crippen molar-refractivity contribution in [2.24, 2.45) is 5.84 Å². The summed E-state index contributed by atoms with van der Waals surface area (Å²) in [5, 5.41) is 16.1.